The van der Waals surface area contributed by atoms with E-state index >= 15 is 0 Å². The molecule has 3 rings (SSSR count). The Hall–Kier alpha value is -1.43. The van der Waals surface area contributed by atoms with Crippen LogP contribution in [0.15, 0.2) is 36.4 Å². The summed E-state index contributed by atoms with van der Waals surface area (Å²) in [5.41, 5.74) is 8.67. The van der Waals surface area contributed by atoms with Crippen LogP contribution in [0.25, 0.3) is 0 Å². The molecule has 2 aromatic carbocycles. The van der Waals surface area contributed by atoms with Crippen LogP contribution in [0.1, 0.15) is 101 Å². The minimum atomic E-state index is 0. The summed E-state index contributed by atoms with van der Waals surface area (Å²) in [6.07, 6.45) is 2.38. The average molecular weight is 498 g/mol. The minimum Gasteiger partial charge on any atom is -0.229 e. The van der Waals surface area contributed by atoms with Crippen molar-refractivity contribution in [2.75, 3.05) is 18.0 Å². The Kier molecular flexibility index (Phi) is 8.49. The monoisotopic (exact) mass is 497 g/mol. The zero-order valence-electron chi connectivity index (χ0n) is 20.0. The van der Waals surface area contributed by atoms with Crippen molar-refractivity contribution in [1.82, 2.24) is 0 Å². The van der Waals surface area contributed by atoms with Crippen LogP contribution in [0.2, 0.25) is 0 Å². The van der Waals surface area contributed by atoms with Crippen molar-refractivity contribution in [1.29, 1.82) is 0 Å². The first-order chi connectivity index (χ1) is 13.7. The van der Waals surface area contributed by atoms with Gasteiger partial charge in [0.1, 0.15) is 24.5 Å². The standard InChI is InChI=1S/C27H39N2.Pd/c1-18(2)22-11-9-12-23(19(3)4)26(22)28-15-16-29(17-28)27-24(20(5)6)13-10-14-25(27)21(7)8;/h9-14,17-21H,15-16H2,1-8H3;/q+1;. The van der Waals surface area contributed by atoms with Gasteiger partial charge in [0.15, 0.2) is 0 Å². The molecule has 0 aliphatic carbocycles. The molecule has 0 saturated heterocycles. The molecule has 30 heavy (non-hydrogen) atoms. The molecule has 2 nitrogen and oxygen atoms in total. The topological polar surface area (TPSA) is 6.25 Å². The number of anilines is 1. The summed E-state index contributed by atoms with van der Waals surface area (Å²) in [5, 5.41) is 0. The summed E-state index contributed by atoms with van der Waals surface area (Å²) < 4.78 is 2.51. The predicted molar refractivity (Wildman–Crippen MR) is 127 cm³/mol. The molecule has 0 amide bonds. The van der Waals surface area contributed by atoms with Gasteiger partial charge in [-0.2, -0.15) is 0 Å². The third-order valence-electron chi connectivity index (χ3n) is 6.12. The Morgan fingerprint density at radius 3 is 1.47 bits per heavy atom. The molecule has 0 radical (unpaired) electrons. The molecule has 0 fully saturated rings. The van der Waals surface area contributed by atoms with E-state index in [4.69, 9.17) is 0 Å². The Balaban J connectivity index is 0.00000320. The number of rotatable bonds is 6. The smallest absolute Gasteiger partial charge is 0.229 e. The first-order valence-corrected chi connectivity index (χ1v) is 11.4. The second-order valence-electron chi connectivity index (χ2n) is 9.69. The summed E-state index contributed by atoms with van der Waals surface area (Å²) in [5.74, 6) is 2.06. The fourth-order valence-electron chi connectivity index (χ4n) is 4.53. The molecule has 1 heterocycles. The Labute approximate surface area is 198 Å². The van der Waals surface area contributed by atoms with Crippen molar-refractivity contribution in [2.24, 2.45) is 0 Å². The fraction of sp³-hybridized carbons (Fsp3) is 0.519. The molecule has 0 bridgehead atoms. The van der Waals surface area contributed by atoms with Gasteiger partial charge in [0.2, 0.25) is 6.34 Å². The molecular weight excluding hydrogens is 459 g/mol. The van der Waals surface area contributed by atoms with Crippen molar-refractivity contribution in [3.63, 3.8) is 0 Å². The molecule has 0 N–H and O–H groups in total. The van der Waals surface area contributed by atoms with E-state index in [2.05, 4.69) is 108 Å². The van der Waals surface area contributed by atoms with Gasteiger partial charge in [0.05, 0.1) is 0 Å². The van der Waals surface area contributed by atoms with Crippen LogP contribution in [0.5, 0.6) is 0 Å². The van der Waals surface area contributed by atoms with Crippen molar-refractivity contribution >= 4 is 17.7 Å². The van der Waals surface area contributed by atoms with E-state index in [1.165, 1.54) is 33.6 Å². The molecular formula is C27H39N2Pd+. The van der Waals surface area contributed by atoms with Crippen LogP contribution in [-0.2, 0) is 20.4 Å². The van der Waals surface area contributed by atoms with E-state index in [1.54, 1.807) is 0 Å². The Morgan fingerprint density at radius 2 is 1.07 bits per heavy atom. The van der Waals surface area contributed by atoms with Gasteiger partial charge in [0, 0.05) is 42.7 Å². The maximum Gasteiger partial charge on any atom is 0.244 e. The first-order valence-electron chi connectivity index (χ1n) is 11.4. The zero-order chi connectivity index (χ0) is 21.3. The van der Waals surface area contributed by atoms with Crippen molar-refractivity contribution in [2.45, 2.75) is 79.1 Å². The van der Waals surface area contributed by atoms with Crippen LogP contribution in [0, 0.1) is 0 Å². The van der Waals surface area contributed by atoms with Crippen molar-refractivity contribution < 1.29 is 25.0 Å². The molecule has 0 saturated carbocycles. The number of benzene rings is 2. The molecule has 0 unspecified atom stereocenters. The van der Waals surface area contributed by atoms with E-state index < -0.39 is 0 Å². The number of para-hydroxylation sites is 2. The molecule has 0 atom stereocenters. The third-order valence-corrected chi connectivity index (χ3v) is 6.12. The first kappa shape index (κ1) is 24.8. The summed E-state index contributed by atoms with van der Waals surface area (Å²) in [6, 6.07) is 13.7. The predicted octanol–water partition coefficient (Wildman–Crippen LogP) is 7.37. The van der Waals surface area contributed by atoms with Gasteiger partial charge in [0.25, 0.3) is 0 Å². The molecule has 2 aromatic rings. The van der Waals surface area contributed by atoms with Gasteiger partial charge in [-0.3, -0.25) is 0 Å². The van der Waals surface area contributed by atoms with Crippen molar-refractivity contribution in [3.8, 4) is 0 Å². The molecule has 166 valence electrons. The van der Waals surface area contributed by atoms with Gasteiger partial charge in [-0.25, -0.2) is 9.48 Å². The SMILES string of the molecule is CC(C)c1cccc(C(C)C)c1N1C=[N+](c2c(C(C)C)cccc2C(C)C)CC1.[Pd]. The molecule has 1 aliphatic heterocycles. The van der Waals surface area contributed by atoms with Crippen LogP contribution in [-0.4, -0.2) is 24.0 Å². The molecule has 3 heteroatoms. The van der Waals surface area contributed by atoms with E-state index in [-0.39, 0.29) is 20.4 Å². The van der Waals surface area contributed by atoms with Crippen LogP contribution in [0.3, 0.4) is 0 Å². The van der Waals surface area contributed by atoms with Crippen LogP contribution >= 0.6 is 0 Å². The quantitative estimate of drug-likeness (QED) is 0.298. The molecule has 0 aromatic heterocycles. The van der Waals surface area contributed by atoms with Crippen LogP contribution < -0.4 is 4.90 Å². The van der Waals surface area contributed by atoms with Gasteiger partial charge in [-0.15, -0.1) is 0 Å². The van der Waals surface area contributed by atoms with E-state index in [9.17, 15) is 0 Å². The van der Waals surface area contributed by atoms with Gasteiger partial charge >= 0.3 is 0 Å². The van der Waals surface area contributed by atoms with Crippen molar-refractivity contribution in [3.05, 3.63) is 58.7 Å². The average Bonchev–Trinajstić information content (AvgIpc) is 3.15. The van der Waals surface area contributed by atoms with E-state index in [1.807, 2.05) is 0 Å². The second kappa shape index (κ2) is 10.3. The summed E-state index contributed by atoms with van der Waals surface area (Å²) >= 11 is 0. The largest absolute Gasteiger partial charge is 0.244 e. The normalized spacial score (nSPS) is 14.1. The number of nitrogens with zero attached hydrogens (tertiary/aromatic N) is 2. The van der Waals surface area contributed by atoms with Gasteiger partial charge in [-0.1, -0.05) is 91.8 Å². The summed E-state index contributed by atoms with van der Waals surface area (Å²) in [4.78, 5) is 2.51. The summed E-state index contributed by atoms with van der Waals surface area (Å²) in [7, 11) is 0. The van der Waals surface area contributed by atoms with E-state index in [0.717, 1.165) is 13.1 Å². The second-order valence-corrected chi connectivity index (χ2v) is 9.69. The third kappa shape index (κ3) is 4.90. The fourth-order valence-corrected chi connectivity index (χ4v) is 4.53. The Morgan fingerprint density at radius 1 is 0.667 bits per heavy atom. The zero-order valence-corrected chi connectivity index (χ0v) is 21.5. The maximum absolute atomic E-state index is 2.51. The molecule has 1 aliphatic rings. The summed E-state index contributed by atoms with van der Waals surface area (Å²) in [6.45, 7) is 20.5. The number of hydrogen-bond donors (Lipinski definition) is 0. The number of hydrogen-bond acceptors (Lipinski definition) is 1. The van der Waals surface area contributed by atoms with E-state index in [0.29, 0.717) is 23.7 Å². The van der Waals surface area contributed by atoms with Crippen LogP contribution in [0.4, 0.5) is 11.4 Å². The van der Waals surface area contributed by atoms with Gasteiger partial charge in [-0.05, 0) is 23.7 Å². The maximum atomic E-state index is 2.51. The van der Waals surface area contributed by atoms with Gasteiger partial charge < -0.3 is 0 Å². The Bertz CT molecular complexity index is 841. The molecule has 0 spiro atoms. The minimum absolute atomic E-state index is 0.